The third kappa shape index (κ3) is 4.19. The lowest BCUT2D eigenvalue weighted by molar-refractivity contribution is -0.120. The number of carbonyl (C=O) groups is 2. The molecule has 0 bridgehead atoms. The fourth-order valence-electron chi connectivity index (χ4n) is 5.83. The van der Waals surface area contributed by atoms with E-state index in [2.05, 4.69) is 18.2 Å². The Balaban J connectivity index is 1.71. The molecule has 0 fully saturated rings. The summed E-state index contributed by atoms with van der Waals surface area (Å²) in [5.41, 5.74) is 6.43. The molecule has 184 valence electrons. The van der Waals surface area contributed by atoms with Gasteiger partial charge in [-0.3, -0.25) is 14.5 Å². The summed E-state index contributed by atoms with van der Waals surface area (Å²) in [6, 6.07) is 21.9. The first-order chi connectivity index (χ1) is 17.4. The van der Waals surface area contributed by atoms with E-state index < -0.39 is 0 Å². The molecule has 0 saturated heterocycles. The molecule has 5 nitrogen and oxygen atoms in total. The number of allylic oxidation sites excluding steroid dienone is 2. The molecule has 3 aromatic rings. The molecule has 2 atom stereocenters. The molecule has 2 unspecified atom stereocenters. The summed E-state index contributed by atoms with van der Waals surface area (Å²) in [4.78, 5) is 29.6. The maximum Gasteiger partial charge on any atom is 0.232 e. The molecular formula is C31H31NO4. The van der Waals surface area contributed by atoms with Crippen LogP contribution >= 0.6 is 0 Å². The van der Waals surface area contributed by atoms with Gasteiger partial charge < -0.3 is 9.47 Å². The summed E-state index contributed by atoms with van der Waals surface area (Å²) >= 11 is 0. The molecule has 1 heterocycles. The lowest BCUT2D eigenvalue weighted by Gasteiger charge is -2.41. The van der Waals surface area contributed by atoms with Gasteiger partial charge in [0.25, 0.3) is 0 Å². The number of ketones is 1. The van der Waals surface area contributed by atoms with Crippen molar-refractivity contribution in [2.75, 3.05) is 19.1 Å². The van der Waals surface area contributed by atoms with Crippen LogP contribution in [-0.4, -0.2) is 25.9 Å². The number of hydrogen-bond acceptors (Lipinski definition) is 4. The number of para-hydroxylation sites is 1. The van der Waals surface area contributed by atoms with Crippen molar-refractivity contribution in [3.8, 4) is 11.5 Å². The number of Topliss-reactive ketones (excluding diaryl/α,β-unsaturated/α-hetero) is 1. The molecule has 0 spiro atoms. The summed E-state index contributed by atoms with van der Waals surface area (Å²) < 4.78 is 11.2. The molecule has 5 heteroatoms. The molecule has 1 amide bonds. The van der Waals surface area contributed by atoms with E-state index in [1.54, 1.807) is 19.1 Å². The van der Waals surface area contributed by atoms with Crippen molar-refractivity contribution >= 4 is 17.4 Å². The van der Waals surface area contributed by atoms with Crippen LogP contribution in [0.5, 0.6) is 11.5 Å². The Bertz CT molecular complexity index is 1340. The zero-order valence-corrected chi connectivity index (χ0v) is 21.2. The molecule has 1 aliphatic carbocycles. The van der Waals surface area contributed by atoms with E-state index in [1.807, 2.05) is 62.4 Å². The molecule has 2 aliphatic rings. The number of rotatable bonds is 5. The highest BCUT2D eigenvalue weighted by Gasteiger charge is 2.43. The molecule has 36 heavy (non-hydrogen) atoms. The number of aryl methyl sites for hydroxylation is 2. The number of hydrogen-bond donors (Lipinski definition) is 0. The molecule has 0 aromatic heterocycles. The first-order valence-electron chi connectivity index (χ1n) is 12.3. The van der Waals surface area contributed by atoms with E-state index in [-0.39, 0.29) is 29.9 Å². The Labute approximate surface area is 212 Å². The fourth-order valence-corrected chi connectivity index (χ4v) is 5.83. The van der Waals surface area contributed by atoms with Crippen LogP contribution in [0.1, 0.15) is 53.4 Å². The lowest BCUT2D eigenvalue weighted by Crippen LogP contribution is -2.42. The largest absolute Gasteiger partial charge is 0.493 e. The van der Waals surface area contributed by atoms with Gasteiger partial charge in [-0.1, -0.05) is 48.5 Å². The van der Waals surface area contributed by atoms with E-state index in [4.69, 9.17) is 9.47 Å². The van der Waals surface area contributed by atoms with E-state index >= 15 is 0 Å². The minimum absolute atomic E-state index is 0.0182. The Morgan fingerprint density at radius 3 is 2.19 bits per heavy atom. The SMILES string of the molecule is COc1cccc(C2CC(=O)N(c3cc(C)cc(C)c3)C3=C2C(=O)CC(c2ccccc2)C3)c1OC. The molecule has 0 N–H and O–H groups in total. The van der Waals surface area contributed by atoms with Gasteiger partial charge in [-0.15, -0.1) is 0 Å². The van der Waals surface area contributed by atoms with E-state index in [1.165, 1.54) is 0 Å². The summed E-state index contributed by atoms with van der Waals surface area (Å²) in [7, 11) is 3.19. The quantitative estimate of drug-likeness (QED) is 0.433. The van der Waals surface area contributed by atoms with Crippen LogP contribution < -0.4 is 14.4 Å². The van der Waals surface area contributed by atoms with Gasteiger partial charge >= 0.3 is 0 Å². The topological polar surface area (TPSA) is 55.8 Å². The van der Waals surface area contributed by atoms with E-state index in [0.29, 0.717) is 29.9 Å². The van der Waals surface area contributed by atoms with Crippen molar-refractivity contribution in [3.63, 3.8) is 0 Å². The van der Waals surface area contributed by atoms with Gasteiger partial charge in [0, 0.05) is 41.3 Å². The first kappa shape index (κ1) is 23.9. The molecule has 1 aliphatic heterocycles. The number of carbonyl (C=O) groups excluding carboxylic acids is 2. The molecule has 0 saturated carbocycles. The third-order valence-electron chi connectivity index (χ3n) is 7.27. The first-order valence-corrected chi connectivity index (χ1v) is 12.3. The van der Waals surface area contributed by atoms with Gasteiger partial charge in [0.1, 0.15) is 0 Å². The van der Waals surface area contributed by atoms with Gasteiger partial charge in [0.15, 0.2) is 17.3 Å². The van der Waals surface area contributed by atoms with Crippen LogP contribution in [0.4, 0.5) is 5.69 Å². The van der Waals surface area contributed by atoms with Crippen molar-refractivity contribution in [1.29, 1.82) is 0 Å². The van der Waals surface area contributed by atoms with Gasteiger partial charge in [-0.25, -0.2) is 0 Å². The van der Waals surface area contributed by atoms with Crippen LogP contribution in [0.3, 0.4) is 0 Å². The van der Waals surface area contributed by atoms with Crippen molar-refractivity contribution in [1.82, 2.24) is 0 Å². The van der Waals surface area contributed by atoms with Crippen molar-refractivity contribution < 1.29 is 19.1 Å². The summed E-state index contributed by atoms with van der Waals surface area (Å²) in [6.45, 7) is 4.06. The van der Waals surface area contributed by atoms with Crippen LogP contribution in [-0.2, 0) is 9.59 Å². The maximum absolute atomic E-state index is 13.9. The lowest BCUT2D eigenvalue weighted by atomic mass is 9.72. The predicted octanol–water partition coefficient (Wildman–Crippen LogP) is 6.24. The maximum atomic E-state index is 13.9. The van der Waals surface area contributed by atoms with Crippen LogP contribution in [0.15, 0.2) is 78.0 Å². The van der Waals surface area contributed by atoms with Crippen LogP contribution in [0, 0.1) is 13.8 Å². The second kappa shape index (κ2) is 9.65. The predicted molar refractivity (Wildman–Crippen MR) is 141 cm³/mol. The second-order valence-electron chi connectivity index (χ2n) is 9.71. The minimum Gasteiger partial charge on any atom is -0.493 e. The van der Waals surface area contributed by atoms with Crippen molar-refractivity contribution in [2.45, 2.75) is 44.9 Å². The number of anilines is 1. The number of amides is 1. The highest BCUT2D eigenvalue weighted by molar-refractivity contribution is 6.08. The van der Waals surface area contributed by atoms with E-state index in [0.717, 1.165) is 33.6 Å². The third-order valence-corrected chi connectivity index (χ3v) is 7.27. The van der Waals surface area contributed by atoms with Crippen molar-refractivity contribution in [2.24, 2.45) is 0 Å². The number of methoxy groups -OCH3 is 2. The zero-order chi connectivity index (χ0) is 25.4. The smallest absolute Gasteiger partial charge is 0.232 e. The minimum atomic E-state index is -0.385. The average molecular weight is 482 g/mol. The highest BCUT2D eigenvalue weighted by Crippen LogP contribution is 2.49. The monoisotopic (exact) mass is 481 g/mol. The Kier molecular flexibility index (Phi) is 6.40. The molecule has 0 radical (unpaired) electrons. The standard InChI is InChI=1S/C31H31NO4/c1-19-13-20(2)15-23(14-19)32-26-16-22(21-9-6-5-7-10-21)17-27(33)30(26)25(18-29(32)34)24-11-8-12-28(35-3)31(24)36-4/h5-15,22,25H,16-18H2,1-4H3. The number of benzene rings is 3. The highest BCUT2D eigenvalue weighted by atomic mass is 16.5. The van der Waals surface area contributed by atoms with Gasteiger partial charge in [-0.05, 0) is 61.1 Å². The summed E-state index contributed by atoms with van der Waals surface area (Å²) in [5.74, 6) is 0.861. The molecule has 5 rings (SSSR count). The summed E-state index contributed by atoms with van der Waals surface area (Å²) in [6.07, 6.45) is 1.23. The Morgan fingerprint density at radius 1 is 0.806 bits per heavy atom. The fraction of sp³-hybridized carbons (Fsp3) is 0.290. The van der Waals surface area contributed by atoms with Gasteiger partial charge in [-0.2, -0.15) is 0 Å². The number of nitrogens with zero attached hydrogens (tertiary/aromatic N) is 1. The van der Waals surface area contributed by atoms with Crippen LogP contribution in [0.25, 0.3) is 0 Å². The molecular weight excluding hydrogens is 450 g/mol. The molecule has 3 aromatic carbocycles. The van der Waals surface area contributed by atoms with Gasteiger partial charge in [0.2, 0.25) is 5.91 Å². The Hall–Kier alpha value is -3.86. The summed E-state index contributed by atoms with van der Waals surface area (Å²) in [5, 5.41) is 0. The Morgan fingerprint density at radius 2 is 1.53 bits per heavy atom. The van der Waals surface area contributed by atoms with Gasteiger partial charge in [0.05, 0.1) is 14.2 Å². The zero-order valence-electron chi connectivity index (χ0n) is 21.2. The average Bonchev–Trinajstić information content (AvgIpc) is 2.87. The van der Waals surface area contributed by atoms with Crippen LogP contribution in [0.2, 0.25) is 0 Å². The number of ether oxygens (including phenoxy) is 2. The second-order valence-corrected chi connectivity index (χ2v) is 9.71. The van der Waals surface area contributed by atoms with E-state index in [9.17, 15) is 9.59 Å². The van der Waals surface area contributed by atoms with Crippen molar-refractivity contribution in [3.05, 3.63) is 100 Å². The normalized spacial score (nSPS) is 19.8.